The molecule has 1 aromatic carbocycles. The van der Waals surface area contributed by atoms with Crippen LogP contribution in [-0.4, -0.2) is 23.9 Å². The van der Waals surface area contributed by atoms with Crippen molar-refractivity contribution in [3.8, 4) is 0 Å². The van der Waals surface area contributed by atoms with Crippen LogP contribution in [0.5, 0.6) is 0 Å². The average Bonchev–Trinajstić information content (AvgIpc) is 2.32. The molecule has 0 aliphatic heterocycles. The molecule has 0 spiro atoms. The van der Waals surface area contributed by atoms with Gasteiger partial charge in [0.05, 0.1) is 5.75 Å². The van der Waals surface area contributed by atoms with Gasteiger partial charge in [0, 0.05) is 11.4 Å². The Balaban J connectivity index is 2.55. The molecule has 0 atom stereocenters. The lowest BCUT2D eigenvalue weighted by Crippen LogP contribution is -2.25. The molecule has 0 bridgehead atoms. The van der Waals surface area contributed by atoms with Crippen LogP contribution in [0.25, 0.3) is 0 Å². The fourth-order valence-electron chi connectivity index (χ4n) is 1.56. The molecule has 1 N–H and O–H groups in total. The van der Waals surface area contributed by atoms with Gasteiger partial charge >= 0.3 is 5.97 Å². The number of carbonyl (C=O) groups is 1. The van der Waals surface area contributed by atoms with Gasteiger partial charge in [0.1, 0.15) is 5.60 Å². The lowest BCUT2D eigenvalue weighted by atomic mass is 10.2. The Labute approximate surface area is 120 Å². The summed E-state index contributed by atoms with van der Waals surface area (Å²) in [5.74, 6) is 0.177. The van der Waals surface area contributed by atoms with Crippen LogP contribution in [0.15, 0.2) is 29.2 Å². The van der Waals surface area contributed by atoms with Gasteiger partial charge in [0.2, 0.25) is 0 Å². The molecular formula is C15H23NO2S. The lowest BCUT2D eigenvalue weighted by Gasteiger charge is -2.19. The number of ether oxygens (including phenoxy) is 1. The van der Waals surface area contributed by atoms with E-state index in [4.69, 9.17) is 4.74 Å². The third-order valence-corrected chi connectivity index (χ3v) is 3.39. The summed E-state index contributed by atoms with van der Waals surface area (Å²) >= 11 is 1.53. The highest BCUT2D eigenvalue weighted by Gasteiger charge is 2.16. The van der Waals surface area contributed by atoms with Gasteiger partial charge in [-0.25, -0.2) is 0 Å². The van der Waals surface area contributed by atoms with Crippen molar-refractivity contribution in [1.82, 2.24) is 5.32 Å². The van der Waals surface area contributed by atoms with E-state index in [2.05, 4.69) is 18.3 Å². The van der Waals surface area contributed by atoms with E-state index >= 15 is 0 Å². The first-order valence-electron chi connectivity index (χ1n) is 6.55. The van der Waals surface area contributed by atoms with E-state index in [1.807, 2.05) is 39.0 Å². The molecule has 0 saturated heterocycles. The molecule has 0 heterocycles. The Morgan fingerprint density at radius 1 is 1.32 bits per heavy atom. The van der Waals surface area contributed by atoms with Gasteiger partial charge in [0.15, 0.2) is 0 Å². The van der Waals surface area contributed by atoms with E-state index in [0.29, 0.717) is 5.75 Å². The number of carbonyl (C=O) groups excluding carboxylic acids is 1. The molecular weight excluding hydrogens is 258 g/mol. The predicted octanol–water partition coefficient (Wildman–Crippen LogP) is 3.23. The summed E-state index contributed by atoms with van der Waals surface area (Å²) in [5, 5.41) is 3.30. The summed E-state index contributed by atoms with van der Waals surface area (Å²) in [6, 6.07) is 8.14. The van der Waals surface area contributed by atoms with E-state index in [1.54, 1.807) is 0 Å². The summed E-state index contributed by atoms with van der Waals surface area (Å²) in [6.07, 6.45) is 0. The fourth-order valence-corrected chi connectivity index (χ4v) is 2.39. The van der Waals surface area contributed by atoms with E-state index in [1.165, 1.54) is 17.3 Å². The maximum Gasteiger partial charge on any atom is 0.316 e. The lowest BCUT2D eigenvalue weighted by molar-refractivity contribution is -0.151. The Morgan fingerprint density at radius 3 is 2.63 bits per heavy atom. The molecule has 4 heteroatoms. The first kappa shape index (κ1) is 16.1. The van der Waals surface area contributed by atoms with E-state index in [0.717, 1.165) is 18.0 Å². The van der Waals surface area contributed by atoms with E-state index < -0.39 is 5.60 Å². The molecule has 0 aliphatic rings. The van der Waals surface area contributed by atoms with Crippen LogP contribution >= 0.6 is 11.8 Å². The topological polar surface area (TPSA) is 38.3 Å². The first-order valence-corrected chi connectivity index (χ1v) is 7.54. The van der Waals surface area contributed by atoms with Crippen molar-refractivity contribution in [2.75, 3.05) is 12.3 Å². The summed E-state index contributed by atoms with van der Waals surface area (Å²) in [6.45, 7) is 9.49. The maximum absolute atomic E-state index is 11.7. The fraction of sp³-hybridized carbons (Fsp3) is 0.533. The van der Waals surface area contributed by atoms with Crippen molar-refractivity contribution in [2.24, 2.45) is 0 Å². The minimum Gasteiger partial charge on any atom is -0.459 e. The Bertz CT molecular complexity index is 413. The minimum atomic E-state index is -0.416. The Kier molecular flexibility index (Phi) is 6.38. The van der Waals surface area contributed by atoms with Gasteiger partial charge in [-0.3, -0.25) is 4.79 Å². The second-order valence-corrected chi connectivity index (χ2v) is 6.28. The van der Waals surface area contributed by atoms with Crippen LogP contribution in [0.2, 0.25) is 0 Å². The molecule has 106 valence electrons. The second kappa shape index (κ2) is 7.56. The second-order valence-electron chi connectivity index (χ2n) is 5.26. The third-order valence-electron chi connectivity index (χ3n) is 2.30. The van der Waals surface area contributed by atoms with Crippen molar-refractivity contribution in [1.29, 1.82) is 0 Å². The van der Waals surface area contributed by atoms with Gasteiger partial charge < -0.3 is 10.1 Å². The van der Waals surface area contributed by atoms with Crippen LogP contribution in [-0.2, 0) is 16.1 Å². The van der Waals surface area contributed by atoms with Gasteiger partial charge in [0.25, 0.3) is 0 Å². The van der Waals surface area contributed by atoms with Crippen molar-refractivity contribution in [3.63, 3.8) is 0 Å². The van der Waals surface area contributed by atoms with Crippen LogP contribution in [0, 0.1) is 0 Å². The molecule has 1 rings (SSSR count). The zero-order valence-corrected chi connectivity index (χ0v) is 13.0. The zero-order chi connectivity index (χ0) is 14.3. The summed E-state index contributed by atoms with van der Waals surface area (Å²) < 4.78 is 5.31. The summed E-state index contributed by atoms with van der Waals surface area (Å²) in [4.78, 5) is 12.8. The first-order chi connectivity index (χ1) is 8.92. The average molecular weight is 281 g/mol. The number of rotatable bonds is 6. The van der Waals surface area contributed by atoms with Gasteiger partial charge in [-0.15, -0.1) is 11.8 Å². The molecule has 0 radical (unpaired) electrons. The van der Waals surface area contributed by atoms with Crippen molar-refractivity contribution in [2.45, 2.75) is 44.7 Å². The van der Waals surface area contributed by atoms with Crippen molar-refractivity contribution < 1.29 is 9.53 Å². The molecule has 0 aromatic heterocycles. The molecule has 0 amide bonds. The molecule has 0 aliphatic carbocycles. The largest absolute Gasteiger partial charge is 0.459 e. The van der Waals surface area contributed by atoms with Gasteiger partial charge in [-0.2, -0.15) is 0 Å². The number of esters is 1. The molecule has 0 fully saturated rings. The predicted molar refractivity (Wildman–Crippen MR) is 80.4 cm³/mol. The number of hydrogen-bond donors (Lipinski definition) is 1. The minimum absolute atomic E-state index is 0.171. The van der Waals surface area contributed by atoms with Crippen molar-refractivity contribution >= 4 is 17.7 Å². The van der Waals surface area contributed by atoms with Gasteiger partial charge in [-0.1, -0.05) is 25.1 Å². The third kappa shape index (κ3) is 6.64. The van der Waals surface area contributed by atoms with Crippen molar-refractivity contribution in [3.05, 3.63) is 29.8 Å². The summed E-state index contributed by atoms with van der Waals surface area (Å²) in [5.41, 5.74) is 0.805. The molecule has 0 saturated carbocycles. The molecule has 3 nitrogen and oxygen atoms in total. The highest BCUT2D eigenvalue weighted by atomic mass is 32.2. The highest BCUT2D eigenvalue weighted by Crippen LogP contribution is 2.23. The Morgan fingerprint density at radius 2 is 2.00 bits per heavy atom. The SMILES string of the molecule is CCNCc1ccccc1SCC(=O)OC(C)(C)C. The number of thioether (sulfide) groups is 1. The standard InChI is InChI=1S/C15H23NO2S/c1-5-16-10-12-8-6-7-9-13(12)19-11-14(17)18-15(2,3)4/h6-9,16H,5,10-11H2,1-4H3. The molecule has 0 unspecified atom stereocenters. The van der Waals surface area contributed by atoms with Crippen LogP contribution in [0.3, 0.4) is 0 Å². The maximum atomic E-state index is 11.7. The van der Waals surface area contributed by atoms with E-state index in [9.17, 15) is 4.79 Å². The monoisotopic (exact) mass is 281 g/mol. The van der Waals surface area contributed by atoms with Crippen LogP contribution in [0.4, 0.5) is 0 Å². The zero-order valence-electron chi connectivity index (χ0n) is 12.2. The number of benzene rings is 1. The molecule has 19 heavy (non-hydrogen) atoms. The smallest absolute Gasteiger partial charge is 0.316 e. The van der Waals surface area contributed by atoms with Crippen LogP contribution in [0.1, 0.15) is 33.3 Å². The Hall–Kier alpha value is -1.00. The quantitative estimate of drug-likeness (QED) is 0.642. The van der Waals surface area contributed by atoms with E-state index in [-0.39, 0.29) is 5.97 Å². The van der Waals surface area contributed by atoms with Gasteiger partial charge in [-0.05, 0) is 38.9 Å². The highest BCUT2D eigenvalue weighted by molar-refractivity contribution is 8.00. The normalized spacial score (nSPS) is 11.4. The summed E-state index contributed by atoms with van der Waals surface area (Å²) in [7, 11) is 0. The number of nitrogens with one attached hydrogen (secondary N) is 1. The number of hydrogen-bond acceptors (Lipinski definition) is 4. The molecule has 1 aromatic rings. The van der Waals surface area contributed by atoms with Crippen LogP contribution < -0.4 is 5.32 Å².